The van der Waals surface area contributed by atoms with E-state index in [0.717, 1.165) is 36.1 Å². The van der Waals surface area contributed by atoms with Crippen LogP contribution in [0.3, 0.4) is 0 Å². The summed E-state index contributed by atoms with van der Waals surface area (Å²) in [6, 6.07) is 8.75. The highest BCUT2D eigenvalue weighted by Crippen LogP contribution is 2.28. The Morgan fingerprint density at radius 2 is 1.92 bits per heavy atom. The van der Waals surface area contributed by atoms with Crippen molar-refractivity contribution in [3.8, 4) is 0 Å². The number of sulfonamides is 1. The molecule has 1 saturated carbocycles. The third-order valence-corrected chi connectivity index (χ3v) is 10.2. The van der Waals surface area contributed by atoms with Crippen molar-refractivity contribution in [2.24, 2.45) is 5.92 Å². The number of benzene rings is 1. The predicted octanol–water partition coefficient (Wildman–Crippen LogP) is 4.59. The van der Waals surface area contributed by atoms with Gasteiger partial charge in [0, 0.05) is 29.0 Å². The average molecular weight is 552 g/mol. The van der Waals surface area contributed by atoms with E-state index in [4.69, 9.17) is 11.6 Å². The number of hydrogen-bond donors (Lipinski definition) is 1. The highest BCUT2D eigenvalue weighted by Gasteiger charge is 2.36. The Morgan fingerprint density at radius 3 is 2.61 bits per heavy atom. The van der Waals surface area contributed by atoms with E-state index < -0.39 is 15.9 Å². The van der Waals surface area contributed by atoms with Crippen molar-refractivity contribution in [3.63, 3.8) is 0 Å². The van der Waals surface area contributed by atoms with Gasteiger partial charge in [-0.05, 0) is 61.7 Å². The molecule has 2 aliphatic rings. The Bertz CT molecular complexity index is 1160. The Labute approximate surface area is 222 Å². The summed E-state index contributed by atoms with van der Waals surface area (Å²) in [5, 5.41) is 5.44. The standard InChI is InChI=1S/C26H34ClN3O4S2/c1-19-11-12-23(15-24(19)27)36(33,34)30-13-5-7-20(16-30)26(32)29(17-22-10-6-14-35-22)18-25(31)28-21-8-3-2-4-9-21/h6,10-12,14-15,20-21H,2-5,7-9,13,16-18H2,1H3,(H,28,31)/t20-/m0/s1. The fourth-order valence-electron chi connectivity index (χ4n) is 5.00. The number of nitrogens with zero attached hydrogens (tertiary/aromatic N) is 2. The second-order valence-corrected chi connectivity index (χ2v) is 13.2. The number of aryl methyl sites for hydroxylation is 1. The molecule has 1 N–H and O–H groups in total. The van der Waals surface area contributed by atoms with Crippen molar-refractivity contribution in [2.75, 3.05) is 19.6 Å². The number of nitrogens with one attached hydrogen (secondary N) is 1. The fourth-order valence-corrected chi connectivity index (χ4v) is 7.51. The van der Waals surface area contributed by atoms with Crippen LogP contribution in [0.5, 0.6) is 0 Å². The van der Waals surface area contributed by atoms with Gasteiger partial charge in [0.15, 0.2) is 0 Å². The summed E-state index contributed by atoms with van der Waals surface area (Å²) in [7, 11) is -3.78. The maximum Gasteiger partial charge on any atom is 0.243 e. The molecule has 36 heavy (non-hydrogen) atoms. The van der Waals surface area contributed by atoms with Gasteiger partial charge in [-0.1, -0.05) is 43.0 Å². The molecule has 0 spiro atoms. The van der Waals surface area contributed by atoms with E-state index in [1.165, 1.54) is 28.1 Å². The smallest absolute Gasteiger partial charge is 0.243 e. The average Bonchev–Trinajstić information content (AvgIpc) is 3.38. The third kappa shape index (κ3) is 6.68. The molecule has 2 aromatic rings. The molecule has 4 rings (SSSR count). The molecule has 0 unspecified atom stereocenters. The maximum absolute atomic E-state index is 13.7. The third-order valence-electron chi connectivity index (χ3n) is 7.06. The lowest BCUT2D eigenvalue weighted by molar-refractivity contribution is -0.141. The molecule has 1 aromatic carbocycles. The predicted molar refractivity (Wildman–Crippen MR) is 142 cm³/mol. The molecule has 10 heteroatoms. The largest absolute Gasteiger partial charge is 0.352 e. The van der Waals surface area contributed by atoms with Gasteiger partial charge in [-0.3, -0.25) is 9.59 Å². The van der Waals surface area contributed by atoms with E-state index in [-0.39, 0.29) is 35.8 Å². The van der Waals surface area contributed by atoms with Gasteiger partial charge in [-0.15, -0.1) is 11.3 Å². The molecule has 2 heterocycles. The summed E-state index contributed by atoms with van der Waals surface area (Å²) in [6.07, 6.45) is 6.54. The summed E-state index contributed by atoms with van der Waals surface area (Å²) >= 11 is 7.72. The Hall–Kier alpha value is -1.94. The molecule has 2 amide bonds. The van der Waals surface area contributed by atoms with Crippen molar-refractivity contribution in [1.82, 2.24) is 14.5 Å². The molecular weight excluding hydrogens is 518 g/mol. The highest BCUT2D eigenvalue weighted by molar-refractivity contribution is 7.89. The zero-order valence-electron chi connectivity index (χ0n) is 20.6. The summed E-state index contributed by atoms with van der Waals surface area (Å²) in [5.41, 5.74) is 0.804. The zero-order chi connectivity index (χ0) is 25.7. The molecule has 2 fully saturated rings. The van der Waals surface area contributed by atoms with Crippen LogP contribution in [-0.2, 0) is 26.2 Å². The SMILES string of the molecule is Cc1ccc(S(=O)(=O)N2CCC[C@H](C(=O)N(CC(=O)NC3CCCCC3)Cc3cccs3)C2)cc1Cl. The summed E-state index contributed by atoms with van der Waals surface area (Å²) in [4.78, 5) is 29.3. The van der Waals surface area contributed by atoms with Gasteiger partial charge in [-0.2, -0.15) is 4.31 Å². The number of piperidine rings is 1. The first-order valence-corrected chi connectivity index (χ1v) is 15.3. The van der Waals surface area contributed by atoms with E-state index in [0.29, 0.717) is 31.0 Å². The van der Waals surface area contributed by atoms with E-state index in [9.17, 15) is 18.0 Å². The topological polar surface area (TPSA) is 86.8 Å². The van der Waals surface area contributed by atoms with Crippen molar-refractivity contribution in [3.05, 3.63) is 51.2 Å². The van der Waals surface area contributed by atoms with Gasteiger partial charge in [0.1, 0.15) is 0 Å². The van der Waals surface area contributed by atoms with Crippen LogP contribution >= 0.6 is 22.9 Å². The first kappa shape index (κ1) is 27.1. The second-order valence-electron chi connectivity index (χ2n) is 9.79. The van der Waals surface area contributed by atoms with Gasteiger partial charge >= 0.3 is 0 Å². The molecule has 7 nitrogen and oxygen atoms in total. The molecule has 1 aliphatic carbocycles. The minimum Gasteiger partial charge on any atom is -0.352 e. The van der Waals surface area contributed by atoms with Crippen LogP contribution in [0.2, 0.25) is 5.02 Å². The number of thiophene rings is 1. The van der Waals surface area contributed by atoms with E-state index in [1.54, 1.807) is 17.0 Å². The molecule has 1 atom stereocenters. The quantitative estimate of drug-likeness (QED) is 0.520. The monoisotopic (exact) mass is 551 g/mol. The molecule has 0 bridgehead atoms. The van der Waals surface area contributed by atoms with Crippen molar-refractivity contribution < 1.29 is 18.0 Å². The number of hydrogen-bond acceptors (Lipinski definition) is 5. The Morgan fingerprint density at radius 1 is 1.14 bits per heavy atom. The molecular formula is C26H34ClN3O4S2. The van der Waals surface area contributed by atoms with Crippen molar-refractivity contribution in [2.45, 2.75) is 69.4 Å². The van der Waals surface area contributed by atoms with Gasteiger partial charge in [0.05, 0.1) is 23.9 Å². The maximum atomic E-state index is 13.7. The number of amides is 2. The minimum atomic E-state index is -3.78. The lowest BCUT2D eigenvalue weighted by Gasteiger charge is -2.34. The molecule has 1 aromatic heterocycles. The first-order valence-electron chi connectivity index (χ1n) is 12.6. The first-order chi connectivity index (χ1) is 17.2. The fraction of sp³-hybridized carbons (Fsp3) is 0.538. The van der Waals surface area contributed by atoms with Crippen LogP contribution in [0.25, 0.3) is 0 Å². The van der Waals surface area contributed by atoms with Gasteiger partial charge < -0.3 is 10.2 Å². The van der Waals surface area contributed by atoms with Crippen LogP contribution in [0, 0.1) is 12.8 Å². The molecule has 196 valence electrons. The highest BCUT2D eigenvalue weighted by atomic mass is 35.5. The van der Waals surface area contributed by atoms with Gasteiger partial charge in [0.2, 0.25) is 21.8 Å². The zero-order valence-corrected chi connectivity index (χ0v) is 23.0. The lowest BCUT2D eigenvalue weighted by atomic mass is 9.95. The van der Waals surface area contributed by atoms with Crippen LogP contribution in [-0.4, -0.2) is 55.1 Å². The molecule has 1 aliphatic heterocycles. The number of halogens is 1. The van der Waals surface area contributed by atoms with Crippen molar-refractivity contribution >= 4 is 44.8 Å². The van der Waals surface area contributed by atoms with E-state index >= 15 is 0 Å². The van der Waals surface area contributed by atoms with Gasteiger partial charge in [0.25, 0.3) is 0 Å². The van der Waals surface area contributed by atoms with Crippen LogP contribution in [0.15, 0.2) is 40.6 Å². The van der Waals surface area contributed by atoms with Crippen molar-refractivity contribution in [1.29, 1.82) is 0 Å². The van der Waals surface area contributed by atoms with Crippen LogP contribution in [0.1, 0.15) is 55.4 Å². The molecule has 1 saturated heterocycles. The van der Waals surface area contributed by atoms with Crippen LogP contribution in [0.4, 0.5) is 0 Å². The lowest BCUT2D eigenvalue weighted by Crippen LogP contribution is -2.49. The summed E-state index contributed by atoms with van der Waals surface area (Å²) < 4.78 is 28.0. The normalized spacial score (nSPS) is 19.7. The molecule has 0 radical (unpaired) electrons. The van der Waals surface area contributed by atoms with E-state index in [1.807, 2.05) is 24.4 Å². The Balaban J connectivity index is 1.47. The number of carbonyl (C=O) groups excluding carboxylic acids is 2. The second kappa shape index (κ2) is 12.1. The summed E-state index contributed by atoms with van der Waals surface area (Å²) in [6.45, 7) is 2.58. The Kier molecular flexibility index (Phi) is 9.09. The number of rotatable bonds is 8. The van der Waals surface area contributed by atoms with Crippen LogP contribution < -0.4 is 5.32 Å². The van der Waals surface area contributed by atoms with Gasteiger partial charge in [-0.25, -0.2) is 8.42 Å². The number of carbonyl (C=O) groups is 2. The summed E-state index contributed by atoms with van der Waals surface area (Å²) in [5.74, 6) is -0.831. The minimum absolute atomic E-state index is 0.0238. The van der Waals surface area contributed by atoms with E-state index in [2.05, 4.69) is 5.32 Å².